The molecule has 9 nitrogen and oxygen atoms in total. The summed E-state index contributed by atoms with van der Waals surface area (Å²) in [6, 6.07) is 9.84. The van der Waals surface area contributed by atoms with E-state index in [4.69, 9.17) is 4.74 Å². The zero-order valence-electron chi connectivity index (χ0n) is 17.7. The number of aromatic amines is 1. The van der Waals surface area contributed by atoms with Crippen LogP contribution in [0.4, 0.5) is 11.5 Å². The van der Waals surface area contributed by atoms with Crippen LogP contribution in [-0.4, -0.2) is 56.9 Å². The van der Waals surface area contributed by atoms with E-state index in [0.717, 1.165) is 23.2 Å². The van der Waals surface area contributed by atoms with Gasteiger partial charge >= 0.3 is 0 Å². The lowest BCUT2D eigenvalue weighted by atomic mass is 10.1. The summed E-state index contributed by atoms with van der Waals surface area (Å²) in [4.78, 5) is 21.2. The molecule has 0 bridgehead atoms. The molecule has 0 spiro atoms. The highest BCUT2D eigenvalue weighted by Crippen LogP contribution is 2.39. The van der Waals surface area contributed by atoms with Crippen LogP contribution in [0.5, 0.6) is 0 Å². The van der Waals surface area contributed by atoms with Gasteiger partial charge in [-0.2, -0.15) is 5.10 Å². The van der Waals surface area contributed by atoms with E-state index in [1.54, 1.807) is 6.20 Å². The molecule has 0 radical (unpaired) electrons. The molecule has 6 rings (SSSR count). The highest BCUT2D eigenvalue weighted by atomic mass is 16.5. The van der Waals surface area contributed by atoms with Crippen molar-refractivity contribution in [2.45, 2.75) is 25.3 Å². The number of nitrogens with one attached hydrogen (secondary N) is 2. The number of carbonyl (C=O) groups excluding carboxylic acids is 1. The van der Waals surface area contributed by atoms with Crippen LogP contribution in [-0.2, 0) is 11.3 Å². The molecule has 1 saturated carbocycles. The van der Waals surface area contributed by atoms with Crippen molar-refractivity contribution in [3.63, 3.8) is 0 Å². The zero-order chi connectivity index (χ0) is 21.5. The number of benzene rings is 1. The smallest absolute Gasteiger partial charge is 0.254 e. The molecule has 2 fully saturated rings. The van der Waals surface area contributed by atoms with Crippen LogP contribution in [0.1, 0.15) is 40.6 Å². The first-order valence-electron chi connectivity index (χ1n) is 11.0. The number of nitrogens with zero attached hydrogens (tertiary/aromatic N) is 5. The van der Waals surface area contributed by atoms with Crippen molar-refractivity contribution in [1.29, 1.82) is 0 Å². The molecule has 0 atom stereocenters. The molecular weight excluding hydrogens is 406 g/mol. The van der Waals surface area contributed by atoms with Crippen molar-refractivity contribution in [3.05, 3.63) is 66.0 Å². The first kappa shape index (κ1) is 19.1. The Hall–Kier alpha value is -3.59. The number of carbonyl (C=O) groups is 1. The lowest BCUT2D eigenvalue weighted by Crippen LogP contribution is -2.40. The fourth-order valence-electron chi connectivity index (χ4n) is 4.22. The van der Waals surface area contributed by atoms with Gasteiger partial charge in [-0.25, -0.2) is 4.98 Å². The average molecular weight is 432 g/mol. The highest BCUT2D eigenvalue weighted by Gasteiger charge is 2.26. The predicted octanol–water partition coefficient (Wildman–Crippen LogP) is 2.84. The molecule has 3 aliphatic rings. The Bertz CT molecular complexity index is 1150. The van der Waals surface area contributed by atoms with Gasteiger partial charge in [0.25, 0.3) is 5.91 Å². The Morgan fingerprint density at radius 3 is 2.75 bits per heavy atom. The lowest BCUT2D eigenvalue weighted by Gasteiger charge is -2.29. The first-order chi connectivity index (χ1) is 15.7. The van der Waals surface area contributed by atoms with Crippen molar-refractivity contribution >= 4 is 23.2 Å². The van der Waals surface area contributed by atoms with Crippen LogP contribution in [0.3, 0.4) is 0 Å². The van der Waals surface area contributed by atoms with Crippen molar-refractivity contribution in [2.75, 3.05) is 36.5 Å². The Morgan fingerprint density at radius 2 is 1.97 bits per heavy atom. The summed E-state index contributed by atoms with van der Waals surface area (Å²) < 4.78 is 7.39. The van der Waals surface area contributed by atoms with E-state index in [1.165, 1.54) is 18.5 Å². The van der Waals surface area contributed by atoms with Crippen molar-refractivity contribution in [2.24, 2.45) is 0 Å². The number of fused-ring (bicyclic) bond motifs is 1. The molecule has 1 amide bonds. The molecule has 4 heterocycles. The van der Waals surface area contributed by atoms with E-state index in [1.807, 2.05) is 39.9 Å². The summed E-state index contributed by atoms with van der Waals surface area (Å²) in [7, 11) is 0. The largest absolute Gasteiger partial charge is 0.378 e. The van der Waals surface area contributed by atoms with Gasteiger partial charge in [0.05, 0.1) is 19.8 Å². The van der Waals surface area contributed by atoms with Gasteiger partial charge in [-0.3, -0.25) is 14.5 Å². The minimum Gasteiger partial charge on any atom is -0.378 e. The normalized spacial score (nSPS) is 18.3. The molecule has 1 aliphatic carbocycles. The van der Waals surface area contributed by atoms with Gasteiger partial charge in [0, 0.05) is 60.6 Å². The third-order valence-corrected chi connectivity index (χ3v) is 6.18. The van der Waals surface area contributed by atoms with E-state index < -0.39 is 0 Å². The average Bonchev–Trinajstić information content (AvgIpc) is 3.39. The summed E-state index contributed by atoms with van der Waals surface area (Å²) in [5, 5.41) is 11.0. The van der Waals surface area contributed by atoms with E-state index >= 15 is 0 Å². The highest BCUT2D eigenvalue weighted by molar-refractivity contribution is 5.94. The second kappa shape index (κ2) is 7.83. The van der Waals surface area contributed by atoms with Gasteiger partial charge < -0.3 is 19.9 Å². The van der Waals surface area contributed by atoms with Crippen molar-refractivity contribution < 1.29 is 9.53 Å². The van der Waals surface area contributed by atoms with Gasteiger partial charge in [0.15, 0.2) is 5.82 Å². The van der Waals surface area contributed by atoms with E-state index in [2.05, 4.69) is 37.7 Å². The summed E-state index contributed by atoms with van der Waals surface area (Å²) in [5.74, 6) is 3.29. The molecular formula is C23H25N7O2. The quantitative estimate of drug-likeness (QED) is 0.646. The number of anilines is 2. The Balaban J connectivity index is 1.23. The Morgan fingerprint density at radius 1 is 1.16 bits per heavy atom. The second-order valence-electron chi connectivity index (χ2n) is 8.41. The van der Waals surface area contributed by atoms with Crippen molar-refractivity contribution in [3.8, 4) is 0 Å². The SMILES string of the molecule is O=C(c1ccc(N2C=C(Nc3cc(C4CC4)[nH]n3)n3ccnc3C2)cc1)N1CCOCC1. The number of hydrogen-bond donors (Lipinski definition) is 2. The molecule has 3 aromatic rings. The summed E-state index contributed by atoms with van der Waals surface area (Å²) in [5.41, 5.74) is 2.88. The minimum atomic E-state index is 0.0527. The summed E-state index contributed by atoms with van der Waals surface area (Å²) in [6.07, 6.45) is 8.27. The van der Waals surface area contributed by atoms with Crippen LogP contribution >= 0.6 is 0 Å². The lowest BCUT2D eigenvalue weighted by molar-refractivity contribution is 0.0303. The maximum absolute atomic E-state index is 12.7. The molecule has 0 unspecified atom stereocenters. The fourth-order valence-corrected chi connectivity index (χ4v) is 4.22. The zero-order valence-corrected chi connectivity index (χ0v) is 17.7. The van der Waals surface area contributed by atoms with Crippen molar-refractivity contribution in [1.82, 2.24) is 24.6 Å². The predicted molar refractivity (Wildman–Crippen MR) is 120 cm³/mol. The van der Waals surface area contributed by atoms with Crippen LogP contribution in [0, 0.1) is 0 Å². The maximum Gasteiger partial charge on any atom is 0.254 e. The number of ether oxygens (including phenoxy) is 1. The first-order valence-corrected chi connectivity index (χ1v) is 11.0. The third kappa shape index (κ3) is 3.64. The summed E-state index contributed by atoms with van der Waals surface area (Å²) >= 11 is 0. The van der Waals surface area contributed by atoms with Gasteiger partial charge in [-0.05, 0) is 37.1 Å². The molecule has 1 saturated heterocycles. The van der Waals surface area contributed by atoms with Crippen LogP contribution in [0.2, 0.25) is 0 Å². The number of rotatable bonds is 5. The molecule has 32 heavy (non-hydrogen) atoms. The maximum atomic E-state index is 12.7. The number of hydrogen-bond acceptors (Lipinski definition) is 6. The molecule has 2 aliphatic heterocycles. The number of aromatic nitrogens is 4. The molecule has 1 aromatic carbocycles. The second-order valence-corrected chi connectivity index (χ2v) is 8.41. The molecule has 9 heteroatoms. The van der Waals surface area contributed by atoms with Crippen LogP contribution in [0.15, 0.2) is 48.9 Å². The summed E-state index contributed by atoms with van der Waals surface area (Å²) in [6.45, 7) is 3.13. The molecule has 2 N–H and O–H groups in total. The monoisotopic (exact) mass is 431 g/mol. The van der Waals surface area contributed by atoms with E-state index in [9.17, 15) is 4.79 Å². The minimum absolute atomic E-state index is 0.0527. The molecule has 164 valence electrons. The van der Waals surface area contributed by atoms with Gasteiger partial charge in [0.2, 0.25) is 0 Å². The topological polar surface area (TPSA) is 91.3 Å². The van der Waals surface area contributed by atoms with Gasteiger partial charge in [0.1, 0.15) is 11.6 Å². The fraction of sp³-hybridized carbons (Fsp3) is 0.348. The number of imidazole rings is 1. The number of amides is 1. The Labute approximate surface area is 185 Å². The van der Waals surface area contributed by atoms with Gasteiger partial charge in [-0.15, -0.1) is 0 Å². The van der Waals surface area contributed by atoms with Crippen LogP contribution < -0.4 is 10.2 Å². The Kier molecular flexibility index (Phi) is 4.68. The molecule has 2 aromatic heterocycles. The van der Waals surface area contributed by atoms with Gasteiger partial charge in [-0.1, -0.05) is 0 Å². The van der Waals surface area contributed by atoms with E-state index in [-0.39, 0.29) is 5.91 Å². The number of H-pyrrole nitrogens is 1. The van der Waals surface area contributed by atoms with E-state index in [0.29, 0.717) is 44.3 Å². The van der Waals surface area contributed by atoms with Crippen LogP contribution in [0.25, 0.3) is 5.82 Å². The number of morpholine rings is 1. The third-order valence-electron chi connectivity index (χ3n) is 6.18. The standard InChI is InChI=1S/C23H25N7O2/c31-23(28-9-11-32-12-10-28)17-3-5-18(6-4-17)29-14-21-24-7-8-30(21)22(15-29)25-20-13-19(26-27-20)16-1-2-16/h3-8,13,15-16H,1-2,9-12,14H2,(H2,25,26,27).